The van der Waals surface area contributed by atoms with E-state index in [1.807, 2.05) is 79.7 Å². The molecule has 0 heterocycles. The van der Waals surface area contributed by atoms with Gasteiger partial charge >= 0.3 is 0 Å². The van der Waals surface area contributed by atoms with Gasteiger partial charge in [0.2, 0.25) is 11.8 Å². The van der Waals surface area contributed by atoms with Gasteiger partial charge in [0.25, 0.3) is 0 Å². The molecule has 202 valence electrons. The fraction of sp³-hybridized carbons (Fsp3) is 0.375. The van der Waals surface area contributed by atoms with Crippen LogP contribution in [0.2, 0.25) is 0 Å². The number of hydrogen-bond donors (Lipinski definition) is 1. The lowest BCUT2D eigenvalue weighted by atomic mass is 10.00. The zero-order valence-electron chi connectivity index (χ0n) is 23.0. The van der Waals surface area contributed by atoms with Gasteiger partial charge in [0.1, 0.15) is 6.04 Å². The van der Waals surface area contributed by atoms with E-state index in [4.69, 9.17) is 9.47 Å². The third kappa shape index (κ3) is 8.10. The smallest absolute Gasteiger partial charge is 0.243 e. The molecule has 0 saturated carbocycles. The summed E-state index contributed by atoms with van der Waals surface area (Å²) >= 11 is 0. The first-order valence-electron chi connectivity index (χ1n) is 13.3. The van der Waals surface area contributed by atoms with Crippen molar-refractivity contribution in [3.63, 3.8) is 0 Å². The molecule has 2 amide bonds. The number of benzene rings is 3. The standard InChI is InChI=1S/C32H40N2O4/c1-5-6-20-33-32(36)28(21-25-13-8-7-9-14-25)34(23-27-15-11-10-12-24(27)2)31(35)19-17-26-16-18-29(37-3)30(22-26)38-4/h7-16,18,22,28H,5-6,17,19-21,23H2,1-4H3,(H,33,36)/t28-/m0/s1. The number of amides is 2. The molecule has 0 saturated heterocycles. The summed E-state index contributed by atoms with van der Waals surface area (Å²) in [7, 11) is 3.20. The van der Waals surface area contributed by atoms with E-state index in [0.29, 0.717) is 37.4 Å². The number of carbonyl (C=O) groups is 2. The van der Waals surface area contributed by atoms with Gasteiger partial charge in [-0.15, -0.1) is 0 Å². The van der Waals surface area contributed by atoms with Gasteiger partial charge in [-0.05, 0) is 54.2 Å². The highest BCUT2D eigenvalue weighted by atomic mass is 16.5. The zero-order valence-corrected chi connectivity index (χ0v) is 23.0. The Labute approximate surface area is 227 Å². The number of carbonyl (C=O) groups excluding carboxylic acids is 2. The Balaban J connectivity index is 1.90. The normalized spacial score (nSPS) is 11.5. The van der Waals surface area contributed by atoms with E-state index in [2.05, 4.69) is 12.2 Å². The second-order valence-electron chi connectivity index (χ2n) is 9.49. The van der Waals surface area contributed by atoms with Crippen LogP contribution in [0.3, 0.4) is 0 Å². The topological polar surface area (TPSA) is 67.9 Å². The summed E-state index contributed by atoms with van der Waals surface area (Å²) in [5, 5.41) is 3.08. The van der Waals surface area contributed by atoms with Gasteiger partial charge in [-0.1, -0.05) is 74.0 Å². The fourth-order valence-electron chi connectivity index (χ4n) is 4.46. The van der Waals surface area contributed by atoms with Crippen LogP contribution in [0, 0.1) is 6.92 Å². The molecule has 0 aliphatic carbocycles. The molecule has 3 aromatic rings. The summed E-state index contributed by atoms with van der Waals surface area (Å²) in [6.45, 7) is 5.10. The van der Waals surface area contributed by atoms with Crippen LogP contribution in [0.25, 0.3) is 0 Å². The molecule has 0 aromatic heterocycles. The van der Waals surface area contributed by atoms with E-state index >= 15 is 0 Å². The highest BCUT2D eigenvalue weighted by Crippen LogP contribution is 2.28. The molecule has 0 unspecified atom stereocenters. The van der Waals surface area contributed by atoms with Crippen LogP contribution < -0.4 is 14.8 Å². The van der Waals surface area contributed by atoms with E-state index in [9.17, 15) is 9.59 Å². The Morgan fingerprint density at radius 1 is 0.895 bits per heavy atom. The third-order valence-corrected chi connectivity index (χ3v) is 6.78. The van der Waals surface area contributed by atoms with Crippen LogP contribution in [0.15, 0.2) is 72.8 Å². The monoisotopic (exact) mass is 516 g/mol. The number of rotatable bonds is 14. The van der Waals surface area contributed by atoms with Crippen LogP contribution in [-0.2, 0) is 29.0 Å². The minimum absolute atomic E-state index is 0.0605. The minimum atomic E-state index is -0.619. The molecule has 0 aliphatic heterocycles. The molecule has 6 nitrogen and oxygen atoms in total. The second-order valence-corrected chi connectivity index (χ2v) is 9.49. The van der Waals surface area contributed by atoms with Crippen LogP contribution in [0.1, 0.15) is 48.4 Å². The van der Waals surface area contributed by atoms with Gasteiger partial charge in [-0.2, -0.15) is 0 Å². The van der Waals surface area contributed by atoms with E-state index in [-0.39, 0.29) is 18.2 Å². The van der Waals surface area contributed by atoms with Crippen molar-refractivity contribution in [2.75, 3.05) is 20.8 Å². The number of nitrogens with one attached hydrogen (secondary N) is 1. The van der Waals surface area contributed by atoms with Crippen molar-refractivity contribution in [1.29, 1.82) is 0 Å². The summed E-state index contributed by atoms with van der Waals surface area (Å²) in [5.41, 5.74) is 4.12. The van der Waals surface area contributed by atoms with Crippen molar-refractivity contribution in [2.24, 2.45) is 0 Å². The van der Waals surface area contributed by atoms with Crippen molar-refractivity contribution in [1.82, 2.24) is 10.2 Å². The van der Waals surface area contributed by atoms with Crippen molar-refractivity contribution >= 4 is 11.8 Å². The molecule has 0 fully saturated rings. The van der Waals surface area contributed by atoms with Crippen molar-refractivity contribution in [3.05, 3.63) is 95.1 Å². The number of methoxy groups -OCH3 is 2. The van der Waals surface area contributed by atoms with Gasteiger partial charge in [-0.25, -0.2) is 0 Å². The Morgan fingerprint density at radius 2 is 1.61 bits per heavy atom. The molecule has 3 rings (SSSR count). The predicted molar refractivity (Wildman–Crippen MR) is 151 cm³/mol. The molecule has 6 heteroatoms. The molecule has 1 N–H and O–H groups in total. The maximum absolute atomic E-state index is 13.9. The van der Waals surface area contributed by atoms with Crippen LogP contribution in [0.4, 0.5) is 0 Å². The molecule has 1 atom stereocenters. The van der Waals surface area contributed by atoms with Crippen molar-refractivity contribution < 1.29 is 19.1 Å². The minimum Gasteiger partial charge on any atom is -0.493 e. The van der Waals surface area contributed by atoms with E-state index < -0.39 is 6.04 Å². The summed E-state index contributed by atoms with van der Waals surface area (Å²) in [5.74, 6) is 1.10. The summed E-state index contributed by atoms with van der Waals surface area (Å²) in [4.78, 5) is 29.2. The van der Waals surface area contributed by atoms with E-state index in [0.717, 1.165) is 35.1 Å². The maximum atomic E-state index is 13.9. The summed E-state index contributed by atoms with van der Waals surface area (Å²) in [6, 6.07) is 23.0. The quantitative estimate of drug-likeness (QED) is 0.287. The number of nitrogens with zero attached hydrogens (tertiary/aromatic N) is 1. The SMILES string of the molecule is CCCCNC(=O)[C@H](Cc1ccccc1)N(Cc1ccccc1C)C(=O)CCc1ccc(OC)c(OC)c1. The van der Waals surface area contributed by atoms with E-state index in [1.54, 1.807) is 19.1 Å². The summed E-state index contributed by atoms with van der Waals surface area (Å²) < 4.78 is 10.8. The molecule has 0 spiro atoms. The van der Waals surface area contributed by atoms with Gasteiger partial charge in [-0.3, -0.25) is 9.59 Å². The first-order valence-corrected chi connectivity index (χ1v) is 13.3. The Hall–Kier alpha value is -3.80. The summed E-state index contributed by atoms with van der Waals surface area (Å²) in [6.07, 6.45) is 3.14. The first kappa shape index (κ1) is 28.8. The van der Waals surface area contributed by atoms with Gasteiger partial charge in [0.15, 0.2) is 11.5 Å². The third-order valence-electron chi connectivity index (χ3n) is 6.78. The molecular formula is C32H40N2O4. The maximum Gasteiger partial charge on any atom is 0.243 e. The van der Waals surface area contributed by atoms with Crippen LogP contribution in [-0.4, -0.2) is 43.5 Å². The Morgan fingerprint density at radius 3 is 2.29 bits per heavy atom. The van der Waals surface area contributed by atoms with Crippen molar-refractivity contribution in [2.45, 2.75) is 58.5 Å². The lowest BCUT2D eigenvalue weighted by Crippen LogP contribution is -2.50. The average molecular weight is 517 g/mol. The zero-order chi connectivity index (χ0) is 27.3. The van der Waals surface area contributed by atoms with Gasteiger partial charge in [0, 0.05) is 25.9 Å². The molecule has 0 radical (unpaired) electrons. The Bertz CT molecular complexity index is 1180. The lowest BCUT2D eigenvalue weighted by Gasteiger charge is -2.32. The molecule has 0 bridgehead atoms. The largest absolute Gasteiger partial charge is 0.493 e. The van der Waals surface area contributed by atoms with E-state index in [1.165, 1.54) is 0 Å². The number of hydrogen-bond acceptors (Lipinski definition) is 4. The van der Waals surface area contributed by atoms with Gasteiger partial charge < -0.3 is 19.7 Å². The highest BCUT2D eigenvalue weighted by molar-refractivity contribution is 5.88. The number of unbranched alkanes of at least 4 members (excludes halogenated alkanes) is 1. The van der Waals surface area contributed by atoms with Crippen LogP contribution in [0.5, 0.6) is 11.5 Å². The number of aryl methyl sites for hydroxylation is 2. The fourth-order valence-corrected chi connectivity index (χ4v) is 4.46. The van der Waals surface area contributed by atoms with Crippen LogP contribution >= 0.6 is 0 Å². The molecule has 38 heavy (non-hydrogen) atoms. The molecule has 0 aliphatic rings. The predicted octanol–water partition coefficient (Wildman–Crippen LogP) is 5.50. The van der Waals surface area contributed by atoms with Crippen molar-refractivity contribution in [3.8, 4) is 11.5 Å². The average Bonchev–Trinajstić information content (AvgIpc) is 2.94. The second kappa shape index (κ2) is 14.8. The number of ether oxygens (including phenoxy) is 2. The lowest BCUT2D eigenvalue weighted by molar-refractivity contribution is -0.141. The molecular weight excluding hydrogens is 476 g/mol. The Kier molecular flexibility index (Phi) is 11.2. The highest BCUT2D eigenvalue weighted by Gasteiger charge is 2.30. The molecule has 3 aromatic carbocycles. The van der Waals surface area contributed by atoms with Gasteiger partial charge in [0.05, 0.1) is 14.2 Å². The first-order chi connectivity index (χ1) is 18.5.